The summed E-state index contributed by atoms with van der Waals surface area (Å²) in [6.45, 7) is 5.27. The number of carbonyl (C=O) groups excluding carboxylic acids is 3. The maximum atomic E-state index is 13.0. The van der Waals surface area contributed by atoms with E-state index in [0.717, 1.165) is 0 Å². The van der Waals surface area contributed by atoms with E-state index in [9.17, 15) is 24.6 Å². The lowest BCUT2D eigenvalue weighted by Gasteiger charge is -2.27. The lowest BCUT2D eigenvalue weighted by Crippen LogP contribution is -2.31. The van der Waals surface area contributed by atoms with Crippen molar-refractivity contribution in [1.82, 2.24) is 0 Å². The molecule has 0 fully saturated rings. The summed E-state index contributed by atoms with van der Waals surface area (Å²) in [6, 6.07) is 11.4. The topological polar surface area (TPSA) is 104 Å². The van der Waals surface area contributed by atoms with Crippen molar-refractivity contribution in [3.8, 4) is 5.75 Å². The van der Waals surface area contributed by atoms with Crippen LogP contribution in [0.5, 0.6) is 5.75 Å². The molecule has 1 amide bonds. The van der Waals surface area contributed by atoms with Crippen LogP contribution in [0.4, 0.5) is 5.69 Å². The molecule has 7 nitrogen and oxygen atoms in total. The van der Waals surface area contributed by atoms with Crippen molar-refractivity contribution in [2.75, 3.05) is 11.5 Å². The number of aliphatic hydroxyl groups excluding tert-OH is 1. The van der Waals surface area contributed by atoms with Crippen LogP contribution >= 0.6 is 0 Å². The van der Waals surface area contributed by atoms with Crippen molar-refractivity contribution in [3.05, 3.63) is 71.0 Å². The van der Waals surface area contributed by atoms with Gasteiger partial charge >= 0.3 is 5.97 Å². The molecule has 2 aromatic carbocycles. The number of anilines is 1. The number of hydrogen-bond acceptors (Lipinski definition) is 6. The number of aromatic hydroxyl groups is 1. The first kappa shape index (κ1) is 21.1. The standard InChI is InChI=1S/C23H23NO6/c1-4-30-23(29)15-6-5-7-16(12-15)24-19(14-8-10-17(25)11-9-14)18(20(26)13(2)3)21(27)22(24)28/h5-13,19,25,27H,4H2,1-3H3. The Morgan fingerprint density at radius 2 is 1.77 bits per heavy atom. The Morgan fingerprint density at radius 3 is 2.37 bits per heavy atom. The highest BCUT2D eigenvalue weighted by atomic mass is 16.5. The highest BCUT2D eigenvalue weighted by Gasteiger charge is 2.44. The molecule has 0 aliphatic carbocycles. The first-order valence-corrected chi connectivity index (χ1v) is 9.63. The average molecular weight is 409 g/mol. The lowest BCUT2D eigenvalue weighted by molar-refractivity contribution is -0.119. The molecule has 0 saturated carbocycles. The van der Waals surface area contributed by atoms with E-state index in [1.165, 1.54) is 23.1 Å². The van der Waals surface area contributed by atoms with Crippen LogP contribution in [0, 0.1) is 5.92 Å². The summed E-state index contributed by atoms with van der Waals surface area (Å²) in [5.41, 5.74) is 1.11. The number of ether oxygens (including phenoxy) is 1. The molecular weight excluding hydrogens is 386 g/mol. The van der Waals surface area contributed by atoms with Crippen LogP contribution < -0.4 is 4.90 Å². The Balaban J connectivity index is 2.14. The van der Waals surface area contributed by atoms with E-state index in [1.807, 2.05) is 0 Å². The number of rotatable bonds is 6. The van der Waals surface area contributed by atoms with E-state index in [4.69, 9.17) is 4.74 Å². The molecule has 1 heterocycles. The van der Waals surface area contributed by atoms with E-state index in [-0.39, 0.29) is 29.3 Å². The number of phenols is 1. The van der Waals surface area contributed by atoms with Gasteiger partial charge in [0.1, 0.15) is 5.75 Å². The summed E-state index contributed by atoms with van der Waals surface area (Å²) in [6.07, 6.45) is 0. The largest absolute Gasteiger partial charge is 0.508 e. The van der Waals surface area contributed by atoms with Gasteiger partial charge in [0.05, 0.1) is 23.8 Å². The molecule has 156 valence electrons. The van der Waals surface area contributed by atoms with Crippen LogP contribution in [0.25, 0.3) is 0 Å². The number of amides is 1. The van der Waals surface area contributed by atoms with Gasteiger partial charge in [0.25, 0.3) is 5.91 Å². The van der Waals surface area contributed by atoms with E-state index >= 15 is 0 Å². The molecule has 0 spiro atoms. The van der Waals surface area contributed by atoms with Gasteiger partial charge in [-0.05, 0) is 42.8 Å². The normalized spacial score (nSPS) is 16.3. The Bertz CT molecular complexity index is 1020. The number of carbonyl (C=O) groups is 3. The number of esters is 1. The third-order valence-corrected chi connectivity index (χ3v) is 4.84. The second-order valence-corrected chi connectivity index (χ2v) is 7.22. The van der Waals surface area contributed by atoms with Gasteiger partial charge in [-0.15, -0.1) is 0 Å². The van der Waals surface area contributed by atoms with Gasteiger partial charge in [0, 0.05) is 11.6 Å². The molecule has 7 heteroatoms. The molecule has 2 aromatic rings. The third-order valence-electron chi connectivity index (χ3n) is 4.84. The summed E-state index contributed by atoms with van der Waals surface area (Å²) >= 11 is 0. The van der Waals surface area contributed by atoms with E-state index < -0.39 is 29.6 Å². The van der Waals surface area contributed by atoms with Crippen molar-refractivity contribution in [2.24, 2.45) is 5.92 Å². The van der Waals surface area contributed by atoms with E-state index in [0.29, 0.717) is 11.3 Å². The average Bonchev–Trinajstić information content (AvgIpc) is 2.99. The molecule has 0 saturated heterocycles. The van der Waals surface area contributed by atoms with Gasteiger partial charge in [0.2, 0.25) is 0 Å². The van der Waals surface area contributed by atoms with Crippen molar-refractivity contribution >= 4 is 23.3 Å². The fraction of sp³-hybridized carbons (Fsp3) is 0.261. The predicted octanol–water partition coefficient (Wildman–Crippen LogP) is 3.69. The Morgan fingerprint density at radius 1 is 1.10 bits per heavy atom. The molecule has 0 aromatic heterocycles. The van der Waals surface area contributed by atoms with Crippen molar-refractivity contribution in [1.29, 1.82) is 0 Å². The number of hydrogen-bond donors (Lipinski definition) is 2. The van der Waals surface area contributed by atoms with Crippen LogP contribution in [-0.4, -0.2) is 34.5 Å². The molecular formula is C23H23NO6. The zero-order valence-electron chi connectivity index (χ0n) is 17.0. The van der Waals surface area contributed by atoms with Gasteiger partial charge in [-0.2, -0.15) is 0 Å². The Labute approximate surface area is 174 Å². The lowest BCUT2D eigenvalue weighted by atomic mass is 9.91. The van der Waals surface area contributed by atoms with Gasteiger partial charge < -0.3 is 14.9 Å². The van der Waals surface area contributed by atoms with Gasteiger partial charge in [-0.1, -0.05) is 32.0 Å². The fourth-order valence-electron chi connectivity index (χ4n) is 3.40. The van der Waals surface area contributed by atoms with Crippen molar-refractivity contribution < 1.29 is 29.3 Å². The zero-order valence-corrected chi connectivity index (χ0v) is 17.0. The number of Topliss-reactive ketones (excluding diaryl/α,β-unsaturated/α-hetero) is 1. The highest BCUT2D eigenvalue weighted by molar-refractivity contribution is 6.17. The van der Waals surface area contributed by atoms with Gasteiger partial charge in [0.15, 0.2) is 11.5 Å². The van der Waals surface area contributed by atoms with Crippen LogP contribution in [0.1, 0.15) is 42.7 Å². The highest BCUT2D eigenvalue weighted by Crippen LogP contribution is 2.42. The SMILES string of the molecule is CCOC(=O)c1cccc(N2C(=O)C(O)=C(C(=O)C(C)C)C2c2ccc(O)cc2)c1. The predicted molar refractivity (Wildman–Crippen MR) is 110 cm³/mol. The number of ketones is 1. The third kappa shape index (κ3) is 3.78. The molecule has 30 heavy (non-hydrogen) atoms. The summed E-state index contributed by atoms with van der Waals surface area (Å²) in [7, 11) is 0. The van der Waals surface area contributed by atoms with Crippen LogP contribution in [-0.2, 0) is 14.3 Å². The van der Waals surface area contributed by atoms with Crippen LogP contribution in [0.2, 0.25) is 0 Å². The molecule has 1 aliphatic heterocycles. The fourth-order valence-corrected chi connectivity index (χ4v) is 3.40. The second kappa shape index (κ2) is 8.41. The summed E-state index contributed by atoms with van der Waals surface area (Å²) < 4.78 is 5.02. The van der Waals surface area contributed by atoms with Crippen molar-refractivity contribution in [3.63, 3.8) is 0 Å². The molecule has 1 aliphatic rings. The molecule has 2 N–H and O–H groups in total. The van der Waals surface area contributed by atoms with Gasteiger partial charge in [-0.3, -0.25) is 14.5 Å². The second-order valence-electron chi connectivity index (χ2n) is 7.22. The molecule has 1 unspecified atom stereocenters. The number of phenolic OH excluding ortho intramolecular Hbond substituents is 1. The summed E-state index contributed by atoms with van der Waals surface area (Å²) in [4.78, 5) is 39.3. The smallest absolute Gasteiger partial charge is 0.338 e. The minimum atomic E-state index is -0.898. The maximum Gasteiger partial charge on any atom is 0.338 e. The zero-order chi connectivity index (χ0) is 22.0. The number of benzene rings is 2. The summed E-state index contributed by atoms with van der Waals surface area (Å²) in [5, 5.41) is 20.2. The Hall–Kier alpha value is -3.61. The molecule has 3 rings (SSSR count). The molecule has 1 atom stereocenters. The number of nitrogens with zero attached hydrogens (tertiary/aromatic N) is 1. The van der Waals surface area contributed by atoms with Crippen LogP contribution in [0.3, 0.4) is 0 Å². The minimum Gasteiger partial charge on any atom is -0.508 e. The maximum absolute atomic E-state index is 13.0. The monoisotopic (exact) mass is 409 g/mol. The van der Waals surface area contributed by atoms with E-state index in [1.54, 1.807) is 51.1 Å². The molecule has 0 radical (unpaired) electrons. The Kier molecular flexibility index (Phi) is 5.91. The summed E-state index contributed by atoms with van der Waals surface area (Å²) in [5.74, 6) is -2.67. The van der Waals surface area contributed by atoms with Gasteiger partial charge in [-0.25, -0.2) is 4.79 Å². The molecule has 0 bridgehead atoms. The van der Waals surface area contributed by atoms with Crippen molar-refractivity contribution in [2.45, 2.75) is 26.8 Å². The quantitative estimate of drug-likeness (QED) is 0.705. The first-order valence-electron chi connectivity index (χ1n) is 9.63. The number of aliphatic hydroxyl groups is 1. The van der Waals surface area contributed by atoms with E-state index in [2.05, 4.69) is 0 Å². The van der Waals surface area contributed by atoms with Crippen LogP contribution in [0.15, 0.2) is 59.9 Å². The minimum absolute atomic E-state index is 0.0118. The first-order chi connectivity index (χ1) is 14.3.